The van der Waals surface area contributed by atoms with E-state index in [-0.39, 0.29) is 11.1 Å². The van der Waals surface area contributed by atoms with Crippen molar-refractivity contribution in [1.82, 2.24) is 0 Å². The van der Waals surface area contributed by atoms with Crippen molar-refractivity contribution in [3.63, 3.8) is 0 Å². The van der Waals surface area contributed by atoms with Gasteiger partial charge in [0, 0.05) is 5.56 Å². The monoisotopic (exact) mass is 298 g/mol. The summed E-state index contributed by atoms with van der Waals surface area (Å²) >= 11 is 0. The Morgan fingerprint density at radius 2 is 1.73 bits per heavy atom. The van der Waals surface area contributed by atoms with Gasteiger partial charge in [-0.05, 0) is 42.0 Å². The largest absolute Gasteiger partial charge is 0.457 e. The molecule has 0 aromatic heterocycles. The van der Waals surface area contributed by atoms with Gasteiger partial charge in [-0.2, -0.15) is 0 Å². The number of rotatable bonds is 2. The lowest BCUT2D eigenvalue weighted by Crippen LogP contribution is -1.96. The van der Waals surface area contributed by atoms with E-state index in [4.69, 9.17) is 9.47 Å². The summed E-state index contributed by atoms with van der Waals surface area (Å²) in [4.78, 5) is 22.9. The predicted molar refractivity (Wildman–Crippen MR) is 72.5 cm³/mol. The molecular weight excluding hydrogens is 288 g/mol. The number of hydrogen-bond acceptors (Lipinski definition) is 6. The molecule has 2 aromatic carbocycles. The van der Waals surface area contributed by atoms with Crippen LogP contribution in [0.2, 0.25) is 0 Å². The summed E-state index contributed by atoms with van der Waals surface area (Å²) in [6, 6.07) is 9.76. The molecule has 6 heteroatoms. The van der Waals surface area contributed by atoms with Gasteiger partial charge < -0.3 is 19.3 Å². The summed E-state index contributed by atoms with van der Waals surface area (Å²) in [5.74, 6) is -0.343. The smallest absolute Gasteiger partial charge is 0.347 e. The highest BCUT2D eigenvalue weighted by Crippen LogP contribution is 2.33. The quantitative estimate of drug-likeness (QED) is 0.676. The minimum absolute atomic E-state index is 0.197. The SMILES string of the molecule is O=C1OC(=O)c2cc(Oc3ccc4c(c3)COC4O)ccc21. The number of hydrogen-bond donors (Lipinski definition) is 1. The lowest BCUT2D eigenvalue weighted by molar-refractivity contribution is -0.0918. The molecule has 1 atom stereocenters. The van der Waals surface area contributed by atoms with E-state index in [0.29, 0.717) is 18.1 Å². The normalized spacial score (nSPS) is 18.9. The van der Waals surface area contributed by atoms with E-state index in [9.17, 15) is 14.7 Å². The molecule has 0 saturated carbocycles. The zero-order valence-corrected chi connectivity index (χ0v) is 11.2. The fourth-order valence-electron chi connectivity index (χ4n) is 2.53. The minimum Gasteiger partial charge on any atom is -0.457 e. The van der Waals surface area contributed by atoms with Crippen molar-refractivity contribution >= 4 is 11.9 Å². The lowest BCUT2D eigenvalue weighted by atomic mass is 10.1. The molecule has 1 N–H and O–H groups in total. The summed E-state index contributed by atoms with van der Waals surface area (Å²) < 4.78 is 15.3. The highest BCUT2D eigenvalue weighted by Gasteiger charge is 2.30. The average molecular weight is 298 g/mol. The van der Waals surface area contributed by atoms with Gasteiger partial charge in [0.15, 0.2) is 6.29 Å². The number of fused-ring (bicyclic) bond motifs is 2. The first-order valence-corrected chi connectivity index (χ1v) is 6.63. The van der Waals surface area contributed by atoms with Gasteiger partial charge in [0.1, 0.15) is 11.5 Å². The molecule has 0 bridgehead atoms. The van der Waals surface area contributed by atoms with Crippen LogP contribution in [0, 0.1) is 0 Å². The van der Waals surface area contributed by atoms with Crippen molar-refractivity contribution < 1.29 is 28.9 Å². The summed E-state index contributed by atoms with van der Waals surface area (Å²) in [5.41, 5.74) is 2.00. The lowest BCUT2D eigenvalue weighted by Gasteiger charge is -2.08. The summed E-state index contributed by atoms with van der Waals surface area (Å²) in [7, 11) is 0. The van der Waals surface area contributed by atoms with E-state index in [1.54, 1.807) is 24.3 Å². The van der Waals surface area contributed by atoms with Crippen LogP contribution in [0.5, 0.6) is 11.5 Å². The topological polar surface area (TPSA) is 82.1 Å². The maximum Gasteiger partial charge on any atom is 0.347 e. The molecule has 0 spiro atoms. The molecule has 110 valence electrons. The molecule has 22 heavy (non-hydrogen) atoms. The Morgan fingerprint density at radius 3 is 2.59 bits per heavy atom. The van der Waals surface area contributed by atoms with Crippen molar-refractivity contribution in [2.75, 3.05) is 0 Å². The molecule has 2 aliphatic rings. The number of benzene rings is 2. The van der Waals surface area contributed by atoms with Crippen LogP contribution in [-0.2, 0) is 16.1 Å². The Balaban J connectivity index is 1.64. The van der Waals surface area contributed by atoms with Gasteiger partial charge in [-0.15, -0.1) is 0 Å². The second kappa shape index (κ2) is 4.66. The van der Waals surface area contributed by atoms with Crippen LogP contribution < -0.4 is 4.74 Å². The highest BCUT2D eigenvalue weighted by molar-refractivity contribution is 6.14. The van der Waals surface area contributed by atoms with Gasteiger partial charge in [-0.3, -0.25) is 0 Å². The molecule has 2 heterocycles. The number of aliphatic hydroxyl groups excluding tert-OH is 1. The van der Waals surface area contributed by atoms with Gasteiger partial charge in [0.25, 0.3) is 0 Å². The van der Waals surface area contributed by atoms with Crippen LogP contribution >= 0.6 is 0 Å². The minimum atomic E-state index is -0.898. The number of cyclic esters (lactones) is 2. The Hall–Kier alpha value is -2.70. The fraction of sp³-hybridized carbons (Fsp3) is 0.125. The third kappa shape index (κ3) is 1.97. The third-order valence-corrected chi connectivity index (χ3v) is 3.63. The molecule has 2 aromatic rings. The molecule has 0 saturated heterocycles. The molecule has 2 aliphatic heterocycles. The number of carbonyl (C=O) groups is 2. The first-order chi connectivity index (χ1) is 10.6. The fourth-order valence-corrected chi connectivity index (χ4v) is 2.53. The van der Waals surface area contributed by atoms with Crippen molar-refractivity contribution in [1.29, 1.82) is 0 Å². The second-order valence-electron chi connectivity index (χ2n) is 5.01. The van der Waals surface area contributed by atoms with Gasteiger partial charge >= 0.3 is 11.9 Å². The molecule has 1 unspecified atom stereocenters. The van der Waals surface area contributed by atoms with E-state index >= 15 is 0 Å². The van der Waals surface area contributed by atoms with E-state index in [1.165, 1.54) is 12.1 Å². The van der Waals surface area contributed by atoms with E-state index in [2.05, 4.69) is 4.74 Å². The zero-order chi connectivity index (χ0) is 15.3. The van der Waals surface area contributed by atoms with Crippen molar-refractivity contribution in [3.8, 4) is 11.5 Å². The highest BCUT2D eigenvalue weighted by atomic mass is 16.6. The van der Waals surface area contributed by atoms with Crippen molar-refractivity contribution in [2.24, 2.45) is 0 Å². The van der Waals surface area contributed by atoms with Crippen LogP contribution in [0.3, 0.4) is 0 Å². The molecule has 0 fully saturated rings. The first-order valence-electron chi connectivity index (χ1n) is 6.63. The van der Waals surface area contributed by atoms with Crippen molar-refractivity contribution in [2.45, 2.75) is 12.9 Å². The first kappa shape index (κ1) is 13.0. The van der Waals surface area contributed by atoms with E-state index in [1.807, 2.05) is 0 Å². The standard InChI is InChI=1S/C16H10O6/c17-14-11-3-1-9(5-8(11)7-20-14)21-10-2-4-12-13(6-10)16(19)22-15(12)18/h1-6,14,17H,7H2. The third-order valence-electron chi connectivity index (χ3n) is 3.63. The molecule has 0 aliphatic carbocycles. The van der Waals surface area contributed by atoms with E-state index < -0.39 is 18.2 Å². The average Bonchev–Trinajstić information content (AvgIpc) is 3.00. The summed E-state index contributed by atoms with van der Waals surface area (Å²) in [6.45, 7) is 0.318. The van der Waals surface area contributed by atoms with Crippen molar-refractivity contribution in [3.05, 3.63) is 58.7 Å². The maximum absolute atomic E-state index is 11.5. The number of aliphatic hydroxyl groups is 1. The molecule has 6 nitrogen and oxygen atoms in total. The van der Waals surface area contributed by atoms with E-state index in [0.717, 1.165) is 11.1 Å². The zero-order valence-electron chi connectivity index (χ0n) is 11.2. The van der Waals surface area contributed by atoms with Gasteiger partial charge in [0.05, 0.1) is 17.7 Å². The predicted octanol–water partition coefficient (Wildman–Crippen LogP) is 2.31. The number of ether oxygens (including phenoxy) is 3. The van der Waals surface area contributed by atoms with Gasteiger partial charge in [0.2, 0.25) is 0 Å². The molecular formula is C16H10O6. The summed E-state index contributed by atoms with van der Waals surface area (Å²) in [5, 5.41) is 9.58. The van der Waals surface area contributed by atoms with Gasteiger partial charge in [-0.1, -0.05) is 0 Å². The maximum atomic E-state index is 11.5. The van der Waals surface area contributed by atoms with Crippen LogP contribution in [0.4, 0.5) is 0 Å². The Bertz CT molecular complexity index is 810. The molecule has 4 rings (SSSR count). The second-order valence-corrected chi connectivity index (χ2v) is 5.01. The van der Waals surface area contributed by atoms with Crippen LogP contribution in [0.15, 0.2) is 36.4 Å². The Labute approximate surface area is 124 Å². The van der Waals surface area contributed by atoms with Crippen LogP contribution in [0.25, 0.3) is 0 Å². The molecule has 0 amide bonds. The van der Waals surface area contributed by atoms with Crippen LogP contribution in [-0.4, -0.2) is 17.0 Å². The number of esters is 2. The molecule has 0 radical (unpaired) electrons. The number of carbonyl (C=O) groups excluding carboxylic acids is 2. The summed E-state index contributed by atoms with van der Waals surface area (Å²) in [6.07, 6.45) is -0.898. The Morgan fingerprint density at radius 1 is 1.00 bits per heavy atom. The Kier molecular flexibility index (Phi) is 2.75. The van der Waals surface area contributed by atoms with Gasteiger partial charge in [-0.25, -0.2) is 9.59 Å². The van der Waals surface area contributed by atoms with Crippen LogP contribution in [0.1, 0.15) is 38.1 Å².